The summed E-state index contributed by atoms with van der Waals surface area (Å²) in [6.07, 6.45) is 2.91. The van der Waals surface area contributed by atoms with Crippen LogP contribution in [0, 0.1) is 5.92 Å². The minimum atomic E-state index is -0.0655. The maximum Gasteiger partial charge on any atom is 0.272 e. The van der Waals surface area contributed by atoms with Crippen molar-refractivity contribution in [3.63, 3.8) is 0 Å². The second-order valence-electron chi connectivity index (χ2n) is 5.43. The Hall–Kier alpha value is -1.62. The van der Waals surface area contributed by atoms with Gasteiger partial charge in [0.1, 0.15) is 5.69 Å². The summed E-state index contributed by atoms with van der Waals surface area (Å²) in [4.78, 5) is 19.8. The van der Waals surface area contributed by atoms with Gasteiger partial charge in [0, 0.05) is 39.1 Å². The number of rotatable bonds is 4. The van der Waals surface area contributed by atoms with Crippen molar-refractivity contribution in [1.29, 1.82) is 0 Å². The average molecular weight is 262 g/mol. The Bertz CT molecular complexity index is 447. The first-order chi connectivity index (χ1) is 9.06. The zero-order chi connectivity index (χ0) is 13.8. The topological polar surface area (TPSA) is 48.5 Å². The molecule has 19 heavy (non-hydrogen) atoms. The van der Waals surface area contributed by atoms with E-state index in [4.69, 9.17) is 0 Å². The Morgan fingerprint density at radius 3 is 3.00 bits per heavy atom. The molecule has 1 unspecified atom stereocenters. The summed E-state index contributed by atoms with van der Waals surface area (Å²) in [6.45, 7) is 3.26. The van der Waals surface area contributed by atoms with Crippen LogP contribution in [0.4, 0.5) is 5.69 Å². The van der Waals surface area contributed by atoms with Crippen molar-refractivity contribution in [3.8, 4) is 0 Å². The normalized spacial score (nSPS) is 19.4. The zero-order valence-electron chi connectivity index (χ0n) is 11.9. The largest absolute Gasteiger partial charge is 0.385 e. The van der Waals surface area contributed by atoms with Gasteiger partial charge in [-0.2, -0.15) is 0 Å². The molecule has 1 aromatic heterocycles. The molecular formula is C14H22N4O. The van der Waals surface area contributed by atoms with E-state index in [0.29, 0.717) is 11.6 Å². The van der Waals surface area contributed by atoms with E-state index in [-0.39, 0.29) is 5.91 Å². The number of carbonyl (C=O) groups is 1. The SMILES string of the molecule is CN1CCC(CNc2ccnc(C(=O)N(C)C)c2)C1. The number of aromatic nitrogens is 1. The Kier molecular flexibility index (Phi) is 4.37. The van der Waals surface area contributed by atoms with E-state index in [0.717, 1.165) is 18.8 Å². The number of nitrogens with zero attached hydrogens (tertiary/aromatic N) is 3. The third kappa shape index (κ3) is 3.67. The minimum absolute atomic E-state index is 0.0655. The molecule has 2 heterocycles. The fraction of sp³-hybridized carbons (Fsp3) is 0.571. The molecule has 0 bridgehead atoms. The highest BCUT2D eigenvalue weighted by Crippen LogP contribution is 2.16. The molecular weight excluding hydrogens is 240 g/mol. The molecule has 0 aliphatic carbocycles. The van der Waals surface area contributed by atoms with Gasteiger partial charge in [-0.15, -0.1) is 0 Å². The second kappa shape index (κ2) is 6.02. The van der Waals surface area contributed by atoms with Crippen molar-refractivity contribution in [2.45, 2.75) is 6.42 Å². The Morgan fingerprint density at radius 2 is 2.37 bits per heavy atom. The maximum absolute atomic E-state index is 11.8. The van der Waals surface area contributed by atoms with E-state index < -0.39 is 0 Å². The molecule has 1 aromatic rings. The Labute approximate surface area is 114 Å². The fourth-order valence-corrected chi connectivity index (χ4v) is 2.34. The van der Waals surface area contributed by atoms with Crippen LogP contribution in [0.25, 0.3) is 0 Å². The first-order valence-corrected chi connectivity index (χ1v) is 6.66. The molecule has 1 atom stereocenters. The van der Waals surface area contributed by atoms with Crippen molar-refractivity contribution in [2.75, 3.05) is 46.1 Å². The molecule has 104 valence electrons. The Morgan fingerprint density at radius 1 is 1.58 bits per heavy atom. The van der Waals surface area contributed by atoms with E-state index in [2.05, 4.69) is 22.2 Å². The van der Waals surface area contributed by atoms with Crippen LogP contribution in [0.3, 0.4) is 0 Å². The number of hydrogen-bond acceptors (Lipinski definition) is 4. The van der Waals surface area contributed by atoms with Crippen LogP contribution in [0.15, 0.2) is 18.3 Å². The van der Waals surface area contributed by atoms with Gasteiger partial charge in [0.05, 0.1) is 0 Å². The summed E-state index contributed by atoms with van der Waals surface area (Å²) in [5.74, 6) is 0.621. The van der Waals surface area contributed by atoms with Crippen LogP contribution in [0.1, 0.15) is 16.9 Å². The molecule has 0 saturated carbocycles. The fourth-order valence-electron chi connectivity index (χ4n) is 2.34. The van der Waals surface area contributed by atoms with Gasteiger partial charge >= 0.3 is 0 Å². The number of nitrogens with one attached hydrogen (secondary N) is 1. The predicted octanol–water partition coefficient (Wildman–Crippen LogP) is 1.15. The lowest BCUT2D eigenvalue weighted by Crippen LogP contribution is -2.23. The van der Waals surface area contributed by atoms with Crippen molar-refractivity contribution in [3.05, 3.63) is 24.0 Å². The molecule has 1 aliphatic heterocycles. The monoisotopic (exact) mass is 262 g/mol. The van der Waals surface area contributed by atoms with E-state index in [9.17, 15) is 4.79 Å². The molecule has 2 rings (SSSR count). The molecule has 1 N–H and O–H groups in total. The number of hydrogen-bond donors (Lipinski definition) is 1. The third-order valence-corrected chi connectivity index (χ3v) is 3.47. The van der Waals surface area contributed by atoms with Gasteiger partial charge < -0.3 is 15.1 Å². The first-order valence-electron chi connectivity index (χ1n) is 6.66. The summed E-state index contributed by atoms with van der Waals surface area (Å²) < 4.78 is 0. The Balaban J connectivity index is 1.94. The number of likely N-dealkylation sites (tertiary alicyclic amines) is 1. The lowest BCUT2D eigenvalue weighted by atomic mass is 10.1. The van der Waals surface area contributed by atoms with E-state index in [1.807, 2.05) is 12.1 Å². The van der Waals surface area contributed by atoms with Gasteiger partial charge in [-0.25, -0.2) is 0 Å². The average Bonchev–Trinajstić information content (AvgIpc) is 2.81. The van der Waals surface area contributed by atoms with Gasteiger partial charge in [0.2, 0.25) is 0 Å². The third-order valence-electron chi connectivity index (χ3n) is 3.47. The molecule has 0 spiro atoms. The van der Waals surface area contributed by atoms with E-state index in [1.165, 1.54) is 17.9 Å². The minimum Gasteiger partial charge on any atom is -0.385 e. The highest BCUT2D eigenvalue weighted by Gasteiger charge is 2.19. The first kappa shape index (κ1) is 13.8. The molecule has 5 heteroatoms. The quantitative estimate of drug-likeness (QED) is 0.884. The van der Waals surface area contributed by atoms with Crippen molar-refractivity contribution < 1.29 is 4.79 Å². The molecule has 1 fully saturated rings. The van der Waals surface area contributed by atoms with Crippen molar-refractivity contribution in [2.24, 2.45) is 5.92 Å². The maximum atomic E-state index is 11.8. The van der Waals surface area contributed by atoms with Gasteiger partial charge in [0.25, 0.3) is 5.91 Å². The molecule has 5 nitrogen and oxygen atoms in total. The van der Waals surface area contributed by atoms with Gasteiger partial charge in [0.15, 0.2) is 0 Å². The molecule has 0 aromatic carbocycles. The van der Waals surface area contributed by atoms with Crippen LogP contribution in [-0.4, -0.2) is 61.5 Å². The molecule has 1 amide bonds. The summed E-state index contributed by atoms with van der Waals surface area (Å²) in [6, 6.07) is 3.73. The summed E-state index contributed by atoms with van der Waals surface area (Å²) in [5, 5.41) is 3.40. The standard InChI is InChI=1S/C14H22N4O/c1-17(2)14(19)13-8-12(4-6-15-13)16-9-11-5-7-18(3)10-11/h4,6,8,11H,5,7,9-10H2,1-3H3,(H,15,16). The second-order valence-corrected chi connectivity index (χ2v) is 5.43. The number of amides is 1. The summed E-state index contributed by atoms with van der Waals surface area (Å²) >= 11 is 0. The number of carbonyl (C=O) groups excluding carboxylic acids is 1. The van der Waals surface area contributed by atoms with Crippen molar-refractivity contribution >= 4 is 11.6 Å². The van der Waals surface area contributed by atoms with Gasteiger partial charge in [-0.3, -0.25) is 9.78 Å². The molecule has 1 saturated heterocycles. The molecule has 1 aliphatic rings. The van der Waals surface area contributed by atoms with Gasteiger partial charge in [-0.1, -0.05) is 0 Å². The zero-order valence-corrected chi connectivity index (χ0v) is 11.9. The van der Waals surface area contributed by atoms with Crippen molar-refractivity contribution in [1.82, 2.24) is 14.8 Å². The van der Waals surface area contributed by atoms with Crippen LogP contribution < -0.4 is 5.32 Å². The predicted molar refractivity (Wildman–Crippen MR) is 76.3 cm³/mol. The summed E-state index contributed by atoms with van der Waals surface area (Å²) in [5.41, 5.74) is 1.45. The lowest BCUT2D eigenvalue weighted by Gasteiger charge is -2.14. The molecule has 0 radical (unpaired) electrons. The van der Waals surface area contributed by atoms with Crippen LogP contribution >= 0.6 is 0 Å². The lowest BCUT2D eigenvalue weighted by molar-refractivity contribution is 0.0822. The number of pyridine rings is 1. The highest BCUT2D eigenvalue weighted by atomic mass is 16.2. The van der Waals surface area contributed by atoms with E-state index >= 15 is 0 Å². The number of anilines is 1. The van der Waals surface area contributed by atoms with Crippen LogP contribution in [-0.2, 0) is 0 Å². The highest BCUT2D eigenvalue weighted by molar-refractivity contribution is 5.92. The smallest absolute Gasteiger partial charge is 0.272 e. The van der Waals surface area contributed by atoms with Crippen LogP contribution in [0.5, 0.6) is 0 Å². The van der Waals surface area contributed by atoms with Gasteiger partial charge in [-0.05, 0) is 38.1 Å². The summed E-state index contributed by atoms with van der Waals surface area (Å²) in [7, 11) is 5.62. The van der Waals surface area contributed by atoms with Crippen LogP contribution in [0.2, 0.25) is 0 Å². The van der Waals surface area contributed by atoms with E-state index in [1.54, 1.807) is 20.3 Å².